The van der Waals surface area contributed by atoms with Gasteiger partial charge in [-0.05, 0) is 19.3 Å². The quantitative estimate of drug-likeness (QED) is 0.558. The van der Waals surface area contributed by atoms with Crippen molar-refractivity contribution in [1.82, 2.24) is 15.0 Å². The molecule has 0 saturated carbocycles. The van der Waals surface area contributed by atoms with Gasteiger partial charge >= 0.3 is 0 Å². The van der Waals surface area contributed by atoms with E-state index in [1.54, 1.807) is 0 Å². The number of aromatic nitrogens is 3. The van der Waals surface area contributed by atoms with Crippen molar-refractivity contribution in [2.24, 2.45) is 0 Å². The van der Waals surface area contributed by atoms with Crippen LogP contribution in [0.1, 0.15) is 19.3 Å². The van der Waals surface area contributed by atoms with E-state index in [4.69, 9.17) is 16.3 Å². The average molecular weight is 373 g/mol. The van der Waals surface area contributed by atoms with E-state index in [0.717, 1.165) is 25.5 Å². The molecule has 24 heavy (non-hydrogen) atoms. The number of fused-ring (bicyclic) bond motifs is 2. The maximum absolute atomic E-state index is 14.5. The number of anilines is 1. The Labute approximate surface area is 142 Å². The van der Waals surface area contributed by atoms with Gasteiger partial charge < -0.3 is 9.64 Å². The number of halogens is 2. The minimum atomic E-state index is -3.71. The molecule has 0 N–H and O–H groups in total. The topological polar surface area (TPSA) is 85.3 Å². The Morgan fingerprint density at radius 2 is 2.08 bits per heavy atom. The molecule has 2 aromatic heterocycles. The molecular weight excluding hydrogens is 359 g/mol. The molecule has 128 valence electrons. The van der Waals surface area contributed by atoms with Crippen molar-refractivity contribution in [3.8, 4) is 5.88 Å². The molecule has 2 aromatic rings. The zero-order valence-corrected chi connectivity index (χ0v) is 14.4. The van der Waals surface area contributed by atoms with Crippen molar-refractivity contribution in [2.45, 2.75) is 30.5 Å². The Hall–Kier alpha value is -1.74. The van der Waals surface area contributed by atoms with E-state index >= 15 is 0 Å². The molecule has 0 amide bonds. The fourth-order valence-corrected chi connectivity index (χ4v) is 3.86. The summed E-state index contributed by atoms with van der Waals surface area (Å²) in [7, 11) is -3.71. The van der Waals surface area contributed by atoms with Crippen LogP contribution in [0.4, 0.5) is 10.2 Å². The van der Waals surface area contributed by atoms with E-state index in [-0.39, 0.29) is 22.8 Å². The van der Waals surface area contributed by atoms with Crippen molar-refractivity contribution < 1.29 is 17.5 Å². The number of pyridine rings is 1. The lowest BCUT2D eigenvalue weighted by atomic mass is 10.0. The maximum Gasteiger partial charge on any atom is 0.249 e. The largest absolute Gasteiger partial charge is 0.475 e. The van der Waals surface area contributed by atoms with Crippen LogP contribution in [0.15, 0.2) is 5.16 Å². The lowest BCUT2D eigenvalue weighted by molar-refractivity contribution is 0.259. The van der Waals surface area contributed by atoms with Crippen LogP contribution in [0.3, 0.4) is 0 Å². The van der Waals surface area contributed by atoms with Crippen LogP contribution in [0.2, 0.25) is 5.15 Å². The predicted octanol–water partition coefficient (Wildman–Crippen LogP) is 1.97. The van der Waals surface area contributed by atoms with Crippen LogP contribution < -0.4 is 9.64 Å². The van der Waals surface area contributed by atoms with Crippen molar-refractivity contribution >= 4 is 38.2 Å². The number of hydrogen-bond donors (Lipinski definition) is 0. The molecule has 0 spiro atoms. The van der Waals surface area contributed by atoms with Crippen molar-refractivity contribution in [3.05, 3.63) is 11.0 Å². The van der Waals surface area contributed by atoms with Gasteiger partial charge in [0.05, 0.1) is 6.04 Å². The van der Waals surface area contributed by atoms with Crippen LogP contribution in [0.5, 0.6) is 5.88 Å². The Morgan fingerprint density at radius 1 is 1.29 bits per heavy atom. The van der Waals surface area contributed by atoms with Gasteiger partial charge in [-0.1, -0.05) is 11.6 Å². The molecule has 4 rings (SSSR count). The average Bonchev–Trinajstić information content (AvgIpc) is 2.70. The van der Waals surface area contributed by atoms with Gasteiger partial charge in [0.25, 0.3) is 0 Å². The van der Waals surface area contributed by atoms with Crippen LogP contribution in [0, 0.1) is 5.82 Å². The molecule has 0 aromatic carbocycles. The SMILES string of the molecule is CS(=O)(=O)c1nc2c3c(nc(Cl)c(F)c3n1)OCC1CCCCN21. The van der Waals surface area contributed by atoms with Gasteiger partial charge in [0.1, 0.15) is 23.3 Å². The number of nitrogens with zero attached hydrogens (tertiary/aromatic N) is 4. The summed E-state index contributed by atoms with van der Waals surface area (Å²) < 4.78 is 44.1. The fraction of sp³-hybridized carbons (Fsp3) is 0.500. The summed E-state index contributed by atoms with van der Waals surface area (Å²) >= 11 is 5.83. The molecule has 2 aliphatic rings. The lowest BCUT2D eigenvalue weighted by Gasteiger charge is -2.34. The first-order chi connectivity index (χ1) is 11.4. The molecule has 0 bridgehead atoms. The highest BCUT2D eigenvalue weighted by Gasteiger charge is 2.33. The summed E-state index contributed by atoms with van der Waals surface area (Å²) in [5.41, 5.74) is -0.179. The standard InChI is InChI=1S/C14H14ClFN4O3S/c1-24(21,22)14-17-10-8-12(19-14)20-5-3-2-4-7(20)6-23-13(8)18-11(15)9(10)16/h7H,2-6H2,1H3. The maximum atomic E-state index is 14.5. The Bertz CT molecular complexity index is 953. The summed E-state index contributed by atoms with van der Waals surface area (Å²) in [6.07, 6.45) is 3.85. The molecule has 1 fully saturated rings. The van der Waals surface area contributed by atoms with Gasteiger partial charge in [-0.2, -0.15) is 4.98 Å². The van der Waals surface area contributed by atoms with Gasteiger partial charge in [0.2, 0.25) is 20.9 Å². The van der Waals surface area contributed by atoms with Gasteiger partial charge in [-0.25, -0.2) is 22.8 Å². The Morgan fingerprint density at radius 3 is 2.83 bits per heavy atom. The van der Waals surface area contributed by atoms with Crippen molar-refractivity contribution in [1.29, 1.82) is 0 Å². The predicted molar refractivity (Wildman–Crippen MR) is 85.9 cm³/mol. The Kier molecular flexibility index (Phi) is 3.54. The smallest absolute Gasteiger partial charge is 0.249 e. The molecule has 2 aliphatic heterocycles. The summed E-state index contributed by atoms with van der Waals surface area (Å²) in [6, 6.07) is 0.0281. The van der Waals surface area contributed by atoms with Crippen LogP contribution in [0.25, 0.3) is 10.9 Å². The molecule has 10 heteroatoms. The zero-order valence-electron chi connectivity index (χ0n) is 12.8. The molecule has 4 heterocycles. The number of sulfone groups is 1. The minimum absolute atomic E-state index is 0.0281. The molecule has 1 atom stereocenters. The molecule has 1 saturated heterocycles. The van der Waals surface area contributed by atoms with E-state index in [9.17, 15) is 12.8 Å². The van der Waals surface area contributed by atoms with Crippen LogP contribution >= 0.6 is 11.6 Å². The monoisotopic (exact) mass is 372 g/mol. The minimum Gasteiger partial charge on any atom is -0.475 e. The fourth-order valence-electron chi connectivity index (χ4n) is 3.18. The second-order valence-electron chi connectivity index (χ2n) is 6.00. The zero-order chi connectivity index (χ0) is 17.1. The molecule has 7 nitrogen and oxygen atoms in total. The highest BCUT2D eigenvalue weighted by molar-refractivity contribution is 7.90. The molecule has 0 radical (unpaired) electrons. The third kappa shape index (κ3) is 2.37. The first-order valence-electron chi connectivity index (χ1n) is 7.52. The Balaban J connectivity index is 2.10. The summed E-state index contributed by atoms with van der Waals surface area (Å²) in [5, 5.41) is -0.557. The van der Waals surface area contributed by atoms with E-state index in [2.05, 4.69) is 15.0 Å². The second-order valence-corrected chi connectivity index (χ2v) is 8.27. The molecular formula is C14H14ClFN4O3S. The normalized spacial score (nSPS) is 20.5. The summed E-state index contributed by atoms with van der Waals surface area (Å²) in [6.45, 7) is 1.04. The summed E-state index contributed by atoms with van der Waals surface area (Å²) in [5.74, 6) is -0.385. The number of piperidine rings is 1. The van der Waals surface area contributed by atoms with Crippen molar-refractivity contribution in [2.75, 3.05) is 24.3 Å². The summed E-state index contributed by atoms with van der Waals surface area (Å²) in [4.78, 5) is 14.0. The van der Waals surface area contributed by atoms with Gasteiger partial charge in [-0.15, -0.1) is 0 Å². The molecule has 1 unspecified atom stereocenters. The molecule has 0 aliphatic carbocycles. The third-order valence-electron chi connectivity index (χ3n) is 4.32. The lowest BCUT2D eigenvalue weighted by Crippen LogP contribution is -2.43. The van der Waals surface area contributed by atoms with Gasteiger partial charge in [-0.3, -0.25) is 0 Å². The third-order valence-corrected chi connectivity index (χ3v) is 5.41. The first kappa shape index (κ1) is 15.8. The number of ether oxygens (including phenoxy) is 1. The number of rotatable bonds is 1. The van der Waals surface area contributed by atoms with E-state index in [1.165, 1.54) is 0 Å². The van der Waals surface area contributed by atoms with E-state index in [0.29, 0.717) is 19.0 Å². The highest BCUT2D eigenvalue weighted by atomic mass is 35.5. The first-order valence-corrected chi connectivity index (χ1v) is 9.79. The van der Waals surface area contributed by atoms with Crippen LogP contribution in [-0.2, 0) is 9.84 Å². The van der Waals surface area contributed by atoms with Crippen LogP contribution in [-0.4, -0.2) is 48.8 Å². The highest BCUT2D eigenvalue weighted by Crippen LogP contribution is 2.40. The van der Waals surface area contributed by atoms with E-state index < -0.39 is 26.0 Å². The van der Waals surface area contributed by atoms with Gasteiger partial charge in [0, 0.05) is 12.8 Å². The van der Waals surface area contributed by atoms with Crippen molar-refractivity contribution in [3.63, 3.8) is 0 Å². The van der Waals surface area contributed by atoms with Gasteiger partial charge in [0.15, 0.2) is 11.0 Å². The number of hydrogen-bond acceptors (Lipinski definition) is 7. The second kappa shape index (κ2) is 5.38. The van der Waals surface area contributed by atoms with E-state index in [1.807, 2.05) is 4.90 Å².